The largest absolute Gasteiger partial charge is 0.339 e. The number of hydrogen-bond donors (Lipinski definition) is 0. The summed E-state index contributed by atoms with van der Waals surface area (Å²) in [5.41, 5.74) is 0.986. The lowest BCUT2D eigenvalue weighted by atomic mass is 9.91. The van der Waals surface area contributed by atoms with E-state index in [4.69, 9.17) is 11.6 Å². The van der Waals surface area contributed by atoms with Crippen molar-refractivity contribution in [2.24, 2.45) is 5.41 Å². The van der Waals surface area contributed by atoms with Crippen molar-refractivity contribution in [1.82, 2.24) is 19.6 Å². The van der Waals surface area contributed by atoms with Crippen LogP contribution >= 0.6 is 11.6 Å². The molecule has 2 fully saturated rings. The van der Waals surface area contributed by atoms with E-state index >= 15 is 0 Å². The van der Waals surface area contributed by atoms with Crippen LogP contribution in [0.2, 0.25) is 5.02 Å². The standard InChI is InChI=1S/C31H37ClFN5O4/c1-31(2,3)17-27(39)36-13-14-37-26(18-36)30(42)38(19-28(40)35-11-9-34(4)10-12-35)25-8-5-20(15-23(25)29(37)41)22-7-6-21(32)16-24(22)33/h5-8,15-16,26H,9-14,17-19H2,1-4H3/t26-/m0/s1. The van der Waals surface area contributed by atoms with Crippen molar-refractivity contribution in [3.05, 3.63) is 52.8 Å². The number of halogens is 2. The highest BCUT2D eigenvalue weighted by Crippen LogP contribution is 2.35. The lowest BCUT2D eigenvalue weighted by molar-refractivity contribution is -0.139. The maximum absolute atomic E-state index is 14.9. The van der Waals surface area contributed by atoms with Crippen molar-refractivity contribution in [2.75, 3.05) is 64.3 Å². The van der Waals surface area contributed by atoms with Crippen LogP contribution in [-0.2, 0) is 14.4 Å². The molecule has 0 radical (unpaired) electrons. The van der Waals surface area contributed by atoms with E-state index in [-0.39, 0.29) is 53.0 Å². The third-order valence-electron chi connectivity index (χ3n) is 8.14. The van der Waals surface area contributed by atoms with Crippen LogP contribution in [0.25, 0.3) is 11.1 Å². The summed E-state index contributed by atoms with van der Waals surface area (Å²) < 4.78 is 14.9. The minimum Gasteiger partial charge on any atom is -0.339 e. The molecule has 5 rings (SSSR count). The Hall–Kier alpha value is -3.50. The van der Waals surface area contributed by atoms with Crippen molar-refractivity contribution in [3.63, 3.8) is 0 Å². The van der Waals surface area contributed by atoms with Crippen molar-refractivity contribution in [3.8, 4) is 11.1 Å². The van der Waals surface area contributed by atoms with Crippen LogP contribution in [0.5, 0.6) is 0 Å². The summed E-state index contributed by atoms with van der Waals surface area (Å²) in [5.74, 6) is -1.64. The Bertz CT molecular complexity index is 1420. The van der Waals surface area contributed by atoms with Crippen LogP contribution in [0.4, 0.5) is 10.1 Å². The van der Waals surface area contributed by atoms with E-state index in [9.17, 15) is 23.6 Å². The number of amides is 4. The van der Waals surface area contributed by atoms with Crippen LogP contribution < -0.4 is 4.90 Å². The van der Waals surface area contributed by atoms with E-state index in [0.29, 0.717) is 37.3 Å². The van der Waals surface area contributed by atoms with Gasteiger partial charge in [0, 0.05) is 56.3 Å². The van der Waals surface area contributed by atoms with Gasteiger partial charge in [-0.25, -0.2) is 4.39 Å². The number of piperazine rings is 2. The minimum absolute atomic E-state index is 0.0470. The summed E-state index contributed by atoms with van der Waals surface area (Å²) in [5, 5.41) is 0.253. The topological polar surface area (TPSA) is 84.5 Å². The van der Waals surface area contributed by atoms with Gasteiger partial charge in [0.25, 0.3) is 11.8 Å². The number of anilines is 1. The predicted molar refractivity (Wildman–Crippen MR) is 159 cm³/mol. The number of benzene rings is 2. The third-order valence-corrected chi connectivity index (χ3v) is 8.37. The molecule has 11 heteroatoms. The average Bonchev–Trinajstić information content (AvgIpc) is 3.01. The highest BCUT2D eigenvalue weighted by molar-refractivity contribution is 6.30. The fourth-order valence-electron chi connectivity index (χ4n) is 5.77. The van der Waals surface area contributed by atoms with Crippen LogP contribution in [0.15, 0.2) is 36.4 Å². The first kappa shape index (κ1) is 30.0. The molecule has 42 heavy (non-hydrogen) atoms. The molecular weight excluding hydrogens is 561 g/mol. The number of likely N-dealkylation sites (N-methyl/N-ethyl adjacent to an activating group) is 1. The fraction of sp³-hybridized carbons (Fsp3) is 0.484. The number of fused-ring (bicyclic) bond motifs is 2. The molecule has 0 aliphatic carbocycles. The van der Waals surface area contributed by atoms with Gasteiger partial charge in [-0.15, -0.1) is 0 Å². The molecule has 2 aromatic carbocycles. The number of rotatable bonds is 4. The quantitative estimate of drug-likeness (QED) is 0.540. The first-order valence-electron chi connectivity index (χ1n) is 14.3. The van der Waals surface area contributed by atoms with Gasteiger partial charge in [0.05, 0.1) is 17.8 Å². The van der Waals surface area contributed by atoms with Gasteiger partial charge in [-0.1, -0.05) is 38.4 Å². The van der Waals surface area contributed by atoms with E-state index in [1.54, 1.807) is 40.1 Å². The fourth-order valence-corrected chi connectivity index (χ4v) is 5.93. The monoisotopic (exact) mass is 597 g/mol. The molecule has 4 amide bonds. The Morgan fingerprint density at radius 2 is 1.60 bits per heavy atom. The van der Waals surface area contributed by atoms with E-state index in [1.807, 2.05) is 27.8 Å². The molecule has 0 aromatic heterocycles. The molecule has 3 aliphatic heterocycles. The molecule has 0 spiro atoms. The first-order valence-corrected chi connectivity index (χ1v) is 14.7. The maximum atomic E-state index is 14.9. The van der Waals surface area contributed by atoms with Gasteiger partial charge in [0.2, 0.25) is 11.8 Å². The number of nitrogens with zero attached hydrogens (tertiary/aromatic N) is 5. The summed E-state index contributed by atoms with van der Waals surface area (Å²) in [6.45, 7) is 8.75. The van der Waals surface area contributed by atoms with Crippen LogP contribution in [0.1, 0.15) is 37.6 Å². The minimum atomic E-state index is -0.946. The van der Waals surface area contributed by atoms with Gasteiger partial charge in [0.1, 0.15) is 18.4 Å². The zero-order chi connectivity index (χ0) is 30.3. The molecule has 2 saturated heterocycles. The summed E-state index contributed by atoms with van der Waals surface area (Å²) in [6.07, 6.45) is 0.309. The second kappa shape index (κ2) is 11.6. The average molecular weight is 598 g/mol. The molecule has 0 unspecified atom stereocenters. The van der Waals surface area contributed by atoms with E-state index in [1.165, 1.54) is 15.9 Å². The molecule has 2 aromatic rings. The van der Waals surface area contributed by atoms with Gasteiger partial charge < -0.3 is 24.5 Å². The number of carbonyl (C=O) groups is 4. The highest BCUT2D eigenvalue weighted by atomic mass is 35.5. The molecule has 1 atom stereocenters. The lowest BCUT2D eigenvalue weighted by Crippen LogP contribution is -2.61. The van der Waals surface area contributed by atoms with Gasteiger partial charge in [-0.3, -0.25) is 19.2 Å². The number of hydrogen-bond acceptors (Lipinski definition) is 5. The van der Waals surface area contributed by atoms with Crippen molar-refractivity contribution < 1.29 is 23.6 Å². The summed E-state index contributed by atoms with van der Waals surface area (Å²) in [7, 11) is 1.99. The Labute approximate surface area is 250 Å². The van der Waals surface area contributed by atoms with Crippen molar-refractivity contribution >= 4 is 40.9 Å². The molecule has 3 aliphatic rings. The zero-order valence-electron chi connectivity index (χ0n) is 24.5. The Kier molecular flexibility index (Phi) is 8.31. The Balaban J connectivity index is 1.52. The first-order chi connectivity index (χ1) is 19.8. The molecular formula is C31H37ClFN5O4. The molecule has 0 N–H and O–H groups in total. The maximum Gasteiger partial charge on any atom is 0.256 e. The third kappa shape index (κ3) is 6.15. The van der Waals surface area contributed by atoms with Gasteiger partial charge in [0.15, 0.2) is 0 Å². The SMILES string of the molecule is CN1CCN(C(=O)CN2C(=O)[C@@H]3CN(C(=O)CC(C)(C)C)CCN3C(=O)c3cc(-c4ccc(Cl)cc4F)ccc32)CC1. The van der Waals surface area contributed by atoms with Gasteiger partial charge in [-0.05, 0) is 48.4 Å². The van der Waals surface area contributed by atoms with E-state index < -0.39 is 23.7 Å². The molecule has 9 nitrogen and oxygen atoms in total. The van der Waals surface area contributed by atoms with Gasteiger partial charge >= 0.3 is 0 Å². The highest BCUT2D eigenvalue weighted by Gasteiger charge is 2.44. The van der Waals surface area contributed by atoms with E-state index in [0.717, 1.165) is 13.1 Å². The van der Waals surface area contributed by atoms with E-state index in [2.05, 4.69) is 4.90 Å². The second-order valence-corrected chi connectivity index (χ2v) is 13.0. The zero-order valence-corrected chi connectivity index (χ0v) is 25.3. The number of carbonyl (C=O) groups excluding carboxylic acids is 4. The second-order valence-electron chi connectivity index (χ2n) is 12.6. The van der Waals surface area contributed by atoms with Crippen molar-refractivity contribution in [1.29, 1.82) is 0 Å². The lowest BCUT2D eigenvalue weighted by Gasteiger charge is -2.41. The Morgan fingerprint density at radius 1 is 0.905 bits per heavy atom. The molecule has 0 saturated carbocycles. The smallest absolute Gasteiger partial charge is 0.256 e. The predicted octanol–water partition coefficient (Wildman–Crippen LogP) is 3.36. The van der Waals surface area contributed by atoms with Gasteiger partial charge in [-0.2, -0.15) is 0 Å². The molecule has 3 heterocycles. The molecule has 224 valence electrons. The summed E-state index contributed by atoms with van der Waals surface area (Å²) in [4.78, 5) is 63.2. The van der Waals surface area contributed by atoms with Crippen LogP contribution in [0.3, 0.4) is 0 Å². The molecule has 0 bridgehead atoms. The Morgan fingerprint density at radius 3 is 2.26 bits per heavy atom. The van der Waals surface area contributed by atoms with Crippen LogP contribution in [-0.4, -0.2) is 109 Å². The normalized spacial score (nSPS) is 19.9. The van der Waals surface area contributed by atoms with Crippen molar-refractivity contribution in [2.45, 2.75) is 33.2 Å². The van der Waals surface area contributed by atoms with Crippen LogP contribution in [0, 0.1) is 11.2 Å². The summed E-state index contributed by atoms with van der Waals surface area (Å²) >= 11 is 5.95. The summed E-state index contributed by atoms with van der Waals surface area (Å²) in [6, 6.07) is 8.20.